The Morgan fingerprint density at radius 1 is 1.08 bits per heavy atom. The van der Waals surface area contributed by atoms with Gasteiger partial charge in [0.25, 0.3) is 0 Å². The first-order valence-corrected chi connectivity index (χ1v) is 9.33. The second-order valence-electron chi connectivity index (χ2n) is 7.49. The van der Waals surface area contributed by atoms with Gasteiger partial charge in [0.05, 0.1) is 25.7 Å². The maximum atomic E-state index is 11.6. The van der Waals surface area contributed by atoms with Crippen molar-refractivity contribution in [3.05, 3.63) is 0 Å². The molecule has 3 saturated heterocycles. The van der Waals surface area contributed by atoms with E-state index in [0.717, 1.165) is 38.4 Å². The van der Waals surface area contributed by atoms with Gasteiger partial charge in [-0.05, 0) is 25.7 Å². The van der Waals surface area contributed by atoms with Crippen molar-refractivity contribution in [2.24, 2.45) is 0 Å². The summed E-state index contributed by atoms with van der Waals surface area (Å²) in [5, 5.41) is 0. The molecule has 0 amide bonds. The van der Waals surface area contributed by atoms with Crippen LogP contribution in [0.3, 0.4) is 0 Å². The molecule has 3 aliphatic heterocycles. The third-order valence-electron chi connectivity index (χ3n) is 5.87. The van der Waals surface area contributed by atoms with Crippen molar-refractivity contribution >= 4 is 12.3 Å². The molecule has 25 heavy (non-hydrogen) atoms. The maximum Gasteiger partial charge on any atom is 0.308 e. The normalized spacial score (nSPS) is 42.4. The van der Waals surface area contributed by atoms with Crippen LogP contribution in [0.15, 0.2) is 0 Å². The van der Waals surface area contributed by atoms with Crippen LogP contribution >= 0.6 is 0 Å². The van der Waals surface area contributed by atoms with E-state index in [4.69, 9.17) is 23.7 Å². The number of carbonyl (C=O) groups excluding carboxylic acids is 2. The number of carbonyl (C=O) groups is 2. The highest BCUT2D eigenvalue weighted by Crippen LogP contribution is 2.47. The highest BCUT2D eigenvalue weighted by Gasteiger charge is 2.59. The van der Waals surface area contributed by atoms with E-state index in [0.29, 0.717) is 6.42 Å². The fraction of sp³-hybridized carbons (Fsp3) is 0.889. The first-order chi connectivity index (χ1) is 12.1. The third-order valence-corrected chi connectivity index (χ3v) is 5.87. The Bertz CT molecular complexity index is 516. The second kappa shape index (κ2) is 6.95. The number of esters is 1. The van der Waals surface area contributed by atoms with Crippen LogP contribution in [0.25, 0.3) is 0 Å². The van der Waals surface area contributed by atoms with E-state index in [2.05, 4.69) is 0 Å². The maximum absolute atomic E-state index is 11.6. The van der Waals surface area contributed by atoms with Gasteiger partial charge in [0.15, 0.2) is 12.1 Å². The zero-order chi connectivity index (χ0) is 17.4. The predicted octanol–water partition coefficient (Wildman–Crippen LogP) is 1.51. The van der Waals surface area contributed by atoms with Crippen molar-refractivity contribution in [2.45, 2.75) is 93.8 Å². The second-order valence-corrected chi connectivity index (χ2v) is 7.49. The number of fused-ring (bicyclic) bond motifs is 3. The van der Waals surface area contributed by atoms with Gasteiger partial charge in [0.1, 0.15) is 24.4 Å². The van der Waals surface area contributed by atoms with Gasteiger partial charge in [-0.3, -0.25) is 4.79 Å². The molecule has 6 atom stereocenters. The van der Waals surface area contributed by atoms with Gasteiger partial charge in [-0.2, -0.15) is 0 Å². The van der Waals surface area contributed by atoms with Crippen LogP contribution in [0.2, 0.25) is 0 Å². The van der Waals surface area contributed by atoms with Crippen LogP contribution in [-0.2, 0) is 33.3 Å². The summed E-state index contributed by atoms with van der Waals surface area (Å²) in [6.45, 7) is 0. The van der Waals surface area contributed by atoms with Crippen molar-refractivity contribution in [2.75, 3.05) is 7.11 Å². The van der Waals surface area contributed by atoms with Crippen molar-refractivity contribution in [1.29, 1.82) is 0 Å². The molecular formula is C18H26O7. The standard InChI is InChI=1S/C18H26O7/c1-21-14(20)9-11-5-6-12-15(22-11)17-16(13(10-19)23-12)24-18(25-17)7-3-2-4-8-18/h10-13,15-17H,2-9H2,1H3/t11?,12?,13-,15-,16?,17?/m0/s1. The Morgan fingerprint density at radius 3 is 2.56 bits per heavy atom. The largest absolute Gasteiger partial charge is 0.469 e. The van der Waals surface area contributed by atoms with E-state index in [9.17, 15) is 9.59 Å². The van der Waals surface area contributed by atoms with E-state index in [1.54, 1.807) is 0 Å². The molecule has 0 radical (unpaired) electrons. The summed E-state index contributed by atoms with van der Waals surface area (Å²) in [4.78, 5) is 23.1. The summed E-state index contributed by atoms with van der Waals surface area (Å²) < 4.78 is 29.5. The molecule has 4 rings (SSSR count). The third kappa shape index (κ3) is 3.23. The lowest BCUT2D eigenvalue weighted by Crippen LogP contribution is -2.60. The first kappa shape index (κ1) is 17.4. The highest BCUT2D eigenvalue weighted by atomic mass is 16.8. The Labute approximate surface area is 147 Å². The van der Waals surface area contributed by atoms with E-state index in [1.165, 1.54) is 13.5 Å². The monoisotopic (exact) mass is 354 g/mol. The zero-order valence-electron chi connectivity index (χ0n) is 14.6. The molecule has 140 valence electrons. The fourth-order valence-electron chi connectivity index (χ4n) is 4.63. The summed E-state index contributed by atoms with van der Waals surface area (Å²) in [5.41, 5.74) is 0. The number of hydrogen-bond donors (Lipinski definition) is 0. The topological polar surface area (TPSA) is 80.3 Å². The van der Waals surface area contributed by atoms with Crippen LogP contribution in [0.5, 0.6) is 0 Å². The van der Waals surface area contributed by atoms with Crippen LogP contribution < -0.4 is 0 Å². The van der Waals surface area contributed by atoms with Crippen molar-refractivity contribution < 1.29 is 33.3 Å². The molecule has 0 aromatic rings. The average molecular weight is 354 g/mol. The molecule has 0 N–H and O–H groups in total. The molecule has 3 heterocycles. The first-order valence-electron chi connectivity index (χ1n) is 9.33. The predicted molar refractivity (Wildman–Crippen MR) is 84.8 cm³/mol. The lowest BCUT2D eigenvalue weighted by Gasteiger charge is -2.45. The van der Waals surface area contributed by atoms with Gasteiger partial charge < -0.3 is 28.5 Å². The Hall–Kier alpha value is -1.02. The Kier molecular flexibility index (Phi) is 4.83. The summed E-state index contributed by atoms with van der Waals surface area (Å²) in [6.07, 6.45) is 5.36. The fourth-order valence-corrected chi connectivity index (χ4v) is 4.63. The lowest BCUT2D eigenvalue weighted by molar-refractivity contribution is -0.235. The van der Waals surface area contributed by atoms with Crippen LogP contribution in [0.1, 0.15) is 51.4 Å². The van der Waals surface area contributed by atoms with Gasteiger partial charge in [-0.1, -0.05) is 6.42 Å². The SMILES string of the molecule is COC(=O)CC1CCC2O[C@@H](C=O)C3OC4(CCCCC4)OC3[C@H]2O1. The lowest BCUT2D eigenvalue weighted by atomic mass is 9.89. The van der Waals surface area contributed by atoms with E-state index in [1.807, 2.05) is 0 Å². The minimum absolute atomic E-state index is 0.201. The van der Waals surface area contributed by atoms with Gasteiger partial charge in [-0.25, -0.2) is 0 Å². The molecule has 7 nitrogen and oxygen atoms in total. The van der Waals surface area contributed by atoms with Crippen molar-refractivity contribution in [3.8, 4) is 0 Å². The smallest absolute Gasteiger partial charge is 0.308 e. The van der Waals surface area contributed by atoms with Crippen LogP contribution in [0.4, 0.5) is 0 Å². The van der Waals surface area contributed by atoms with Crippen molar-refractivity contribution in [1.82, 2.24) is 0 Å². The van der Waals surface area contributed by atoms with E-state index in [-0.39, 0.29) is 36.8 Å². The molecule has 4 unspecified atom stereocenters. The number of methoxy groups -OCH3 is 1. The molecule has 4 fully saturated rings. The summed E-state index contributed by atoms with van der Waals surface area (Å²) in [7, 11) is 1.38. The van der Waals surface area contributed by atoms with Gasteiger partial charge in [0, 0.05) is 12.8 Å². The molecule has 1 aliphatic carbocycles. The van der Waals surface area contributed by atoms with Crippen molar-refractivity contribution in [3.63, 3.8) is 0 Å². The zero-order valence-corrected chi connectivity index (χ0v) is 14.6. The van der Waals surface area contributed by atoms with E-state index >= 15 is 0 Å². The minimum atomic E-state index is -0.617. The highest BCUT2D eigenvalue weighted by molar-refractivity contribution is 5.69. The van der Waals surface area contributed by atoms with Gasteiger partial charge in [-0.15, -0.1) is 0 Å². The number of rotatable bonds is 3. The molecule has 7 heteroatoms. The number of hydrogen-bond acceptors (Lipinski definition) is 7. The Balaban J connectivity index is 1.51. The van der Waals surface area contributed by atoms with Crippen LogP contribution in [0, 0.1) is 0 Å². The minimum Gasteiger partial charge on any atom is -0.469 e. The molecule has 0 aromatic carbocycles. The molecule has 0 bridgehead atoms. The number of aldehydes is 1. The molecule has 4 aliphatic rings. The van der Waals surface area contributed by atoms with E-state index < -0.39 is 18.0 Å². The Morgan fingerprint density at radius 2 is 1.84 bits per heavy atom. The van der Waals surface area contributed by atoms with Gasteiger partial charge in [0.2, 0.25) is 0 Å². The molecule has 1 spiro atoms. The van der Waals surface area contributed by atoms with Gasteiger partial charge >= 0.3 is 5.97 Å². The summed E-state index contributed by atoms with van der Waals surface area (Å²) >= 11 is 0. The average Bonchev–Trinajstić information content (AvgIpc) is 3.00. The molecule has 1 saturated carbocycles. The summed E-state index contributed by atoms with van der Waals surface area (Å²) in [5.74, 6) is -0.888. The summed E-state index contributed by atoms with van der Waals surface area (Å²) in [6, 6.07) is 0. The number of ether oxygens (including phenoxy) is 5. The molecular weight excluding hydrogens is 328 g/mol. The van der Waals surface area contributed by atoms with Crippen LogP contribution in [-0.4, -0.2) is 61.8 Å². The quantitative estimate of drug-likeness (QED) is 0.561. The molecule has 0 aromatic heterocycles.